The summed E-state index contributed by atoms with van der Waals surface area (Å²) in [5.74, 6) is -0.318. The fraction of sp³-hybridized carbons (Fsp3) is 0.0667. The molecule has 0 aliphatic carbocycles. The maximum absolute atomic E-state index is 11.4. The highest BCUT2D eigenvalue weighted by molar-refractivity contribution is 9.10. The van der Waals surface area contributed by atoms with Crippen LogP contribution >= 0.6 is 15.9 Å². The van der Waals surface area contributed by atoms with Crippen LogP contribution in [-0.4, -0.2) is 28.0 Å². The Morgan fingerprint density at radius 2 is 1.95 bits per heavy atom. The quantitative estimate of drug-likeness (QED) is 0.788. The second-order valence-electron chi connectivity index (χ2n) is 4.43. The van der Waals surface area contributed by atoms with Crippen LogP contribution in [0.4, 0.5) is 0 Å². The number of aromatic nitrogens is 2. The molecular formula is C15H11BrN2O3. The third-order valence-corrected chi connectivity index (χ3v) is 3.65. The Labute approximate surface area is 128 Å². The van der Waals surface area contributed by atoms with Gasteiger partial charge in [-0.05, 0) is 42.5 Å². The van der Waals surface area contributed by atoms with E-state index in [-0.39, 0.29) is 5.69 Å². The van der Waals surface area contributed by atoms with E-state index in [1.807, 2.05) is 36.4 Å². The summed E-state index contributed by atoms with van der Waals surface area (Å²) < 4.78 is 7.55. The molecule has 1 heterocycles. The molecule has 3 rings (SSSR count). The molecule has 0 saturated carbocycles. The maximum Gasteiger partial charge on any atom is 0.357 e. The first-order valence-electron chi connectivity index (χ1n) is 6.16. The van der Waals surface area contributed by atoms with Gasteiger partial charge in [0.1, 0.15) is 5.75 Å². The van der Waals surface area contributed by atoms with Gasteiger partial charge in [-0.15, -0.1) is 0 Å². The van der Waals surface area contributed by atoms with Crippen LogP contribution in [0, 0.1) is 0 Å². The zero-order chi connectivity index (χ0) is 15.0. The van der Waals surface area contributed by atoms with Crippen molar-refractivity contribution in [1.82, 2.24) is 9.78 Å². The number of benzene rings is 2. The molecule has 0 fully saturated rings. The molecule has 3 aromatic rings. The lowest BCUT2D eigenvalue weighted by atomic mass is 10.2. The van der Waals surface area contributed by atoms with Crippen LogP contribution in [0.3, 0.4) is 0 Å². The number of halogens is 1. The number of fused-ring (bicyclic) bond motifs is 1. The summed E-state index contributed by atoms with van der Waals surface area (Å²) in [5, 5.41) is 14.1. The van der Waals surface area contributed by atoms with Crippen molar-refractivity contribution in [3.8, 4) is 11.4 Å². The number of carbonyl (C=O) groups is 1. The number of hydrogen-bond donors (Lipinski definition) is 1. The molecule has 6 heteroatoms. The third kappa shape index (κ3) is 2.38. The predicted molar refractivity (Wildman–Crippen MR) is 82.3 cm³/mol. The van der Waals surface area contributed by atoms with Crippen molar-refractivity contribution in [2.75, 3.05) is 7.11 Å². The van der Waals surface area contributed by atoms with Crippen molar-refractivity contribution in [3.63, 3.8) is 0 Å². The van der Waals surface area contributed by atoms with Gasteiger partial charge in [-0.25, -0.2) is 9.48 Å². The van der Waals surface area contributed by atoms with E-state index in [0.29, 0.717) is 5.39 Å². The number of ether oxygens (including phenoxy) is 1. The fourth-order valence-corrected chi connectivity index (χ4v) is 2.53. The first kappa shape index (κ1) is 13.6. The molecule has 0 aliphatic rings. The molecule has 21 heavy (non-hydrogen) atoms. The standard InChI is InChI=1S/C15H11BrN2O3/c1-21-11-5-3-10(4-6-11)18-13-7-2-9(16)8-12(13)14(17-18)15(19)20/h2-8H,1H3,(H,19,20). The second kappa shape index (κ2) is 5.21. The van der Waals surface area contributed by atoms with Gasteiger partial charge in [0.05, 0.1) is 18.3 Å². The molecule has 0 amide bonds. The first-order valence-corrected chi connectivity index (χ1v) is 6.95. The number of hydrogen-bond acceptors (Lipinski definition) is 3. The molecule has 106 valence electrons. The SMILES string of the molecule is COc1ccc(-n2nc(C(=O)O)c3cc(Br)ccc32)cc1. The lowest BCUT2D eigenvalue weighted by molar-refractivity contribution is 0.0692. The van der Waals surface area contributed by atoms with Gasteiger partial charge >= 0.3 is 5.97 Å². The molecule has 0 bridgehead atoms. The fourth-order valence-electron chi connectivity index (χ4n) is 2.17. The summed E-state index contributed by atoms with van der Waals surface area (Å²) in [5.41, 5.74) is 1.54. The minimum absolute atomic E-state index is 0.0297. The molecular weight excluding hydrogens is 336 g/mol. The molecule has 0 aliphatic heterocycles. The molecule has 2 aromatic carbocycles. The van der Waals surface area contributed by atoms with Crippen molar-refractivity contribution >= 4 is 32.8 Å². The lowest BCUT2D eigenvalue weighted by Gasteiger charge is -2.05. The van der Waals surface area contributed by atoms with E-state index in [1.54, 1.807) is 17.9 Å². The van der Waals surface area contributed by atoms with E-state index in [1.165, 1.54) is 0 Å². The van der Waals surface area contributed by atoms with E-state index in [2.05, 4.69) is 21.0 Å². The van der Waals surface area contributed by atoms with Crippen molar-refractivity contribution in [2.45, 2.75) is 0 Å². The van der Waals surface area contributed by atoms with Crippen LogP contribution in [0.2, 0.25) is 0 Å². The van der Waals surface area contributed by atoms with Gasteiger partial charge in [0.25, 0.3) is 0 Å². The first-order chi connectivity index (χ1) is 10.1. The molecule has 0 atom stereocenters. The number of carboxylic acids is 1. The van der Waals surface area contributed by atoms with Gasteiger partial charge in [0, 0.05) is 9.86 Å². The number of methoxy groups -OCH3 is 1. The van der Waals surface area contributed by atoms with Crippen molar-refractivity contribution < 1.29 is 14.6 Å². The summed E-state index contributed by atoms with van der Waals surface area (Å²) in [7, 11) is 1.60. The summed E-state index contributed by atoms with van der Waals surface area (Å²) in [6, 6.07) is 12.7. The lowest BCUT2D eigenvalue weighted by Crippen LogP contribution is -2.01. The zero-order valence-electron chi connectivity index (χ0n) is 11.1. The van der Waals surface area contributed by atoms with Gasteiger partial charge in [-0.3, -0.25) is 0 Å². The molecule has 0 spiro atoms. The van der Waals surface area contributed by atoms with Crippen LogP contribution in [-0.2, 0) is 0 Å². The van der Waals surface area contributed by atoms with Crippen LogP contribution < -0.4 is 4.74 Å². The van der Waals surface area contributed by atoms with Crippen LogP contribution in [0.5, 0.6) is 5.75 Å². The van der Waals surface area contributed by atoms with E-state index in [4.69, 9.17) is 4.74 Å². The molecule has 5 nitrogen and oxygen atoms in total. The highest BCUT2D eigenvalue weighted by atomic mass is 79.9. The Bertz CT molecular complexity index is 825. The number of nitrogens with zero attached hydrogens (tertiary/aromatic N) is 2. The number of carboxylic acid groups (broad SMARTS) is 1. The molecule has 1 N–H and O–H groups in total. The highest BCUT2D eigenvalue weighted by Gasteiger charge is 2.17. The largest absolute Gasteiger partial charge is 0.497 e. The van der Waals surface area contributed by atoms with Crippen LogP contribution in [0.1, 0.15) is 10.5 Å². The third-order valence-electron chi connectivity index (χ3n) is 3.16. The van der Waals surface area contributed by atoms with E-state index in [0.717, 1.165) is 21.4 Å². The van der Waals surface area contributed by atoms with Crippen LogP contribution in [0.25, 0.3) is 16.6 Å². The normalized spacial score (nSPS) is 10.8. The van der Waals surface area contributed by atoms with Gasteiger partial charge in [-0.2, -0.15) is 5.10 Å². The zero-order valence-corrected chi connectivity index (χ0v) is 12.7. The molecule has 0 radical (unpaired) electrons. The maximum atomic E-state index is 11.4. The van der Waals surface area contributed by atoms with Crippen LogP contribution in [0.15, 0.2) is 46.9 Å². The Hall–Kier alpha value is -2.34. The summed E-state index contributed by atoms with van der Waals surface area (Å²) >= 11 is 3.35. The van der Waals surface area contributed by atoms with Gasteiger partial charge < -0.3 is 9.84 Å². The van der Waals surface area contributed by atoms with Crippen molar-refractivity contribution in [2.24, 2.45) is 0 Å². The molecule has 1 aromatic heterocycles. The Morgan fingerprint density at radius 3 is 2.57 bits per heavy atom. The monoisotopic (exact) mass is 346 g/mol. The number of rotatable bonds is 3. The van der Waals surface area contributed by atoms with E-state index >= 15 is 0 Å². The average Bonchev–Trinajstić information content (AvgIpc) is 2.86. The number of aromatic carboxylic acids is 1. The predicted octanol–water partition coefficient (Wildman–Crippen LogP) is 3.49. The highest BCUT2D eigenvalue weighted by Crippen LogP contribution is 2.26. The smallest absolute Gasteiger partial charge is 0.357 e. The van der Waals surface area contributed by atoms with Gasteiger partial charge in [0.15, 0.2) is 5.69 Å². The van der Waals surface area contributed by atoms with E-state index in [9.17, 15) is 9.90 Å². The minimum Gasteiger partial charge on any atom is -0.497 e. The Kier molecular flexibility index (Phi) is 3.39. The molecule has 0 unspecified atom stereocenters. The summed E-state index contributed by atoms with van der Waals surface area (Å²) in [6.07, 6.45) is 0. The van der Waals surface area contributed by atoms with Gasteiger partial charge in [-0.1, -0.05) is 15.9 Å². The van der Waals surface area contributed by atoms with E-state index < -0.39 is 5.97 Å². The van der Waals surface area contributed by atoms with Crippen molar-refractivity contribution in [3.05, 3.63) is 52.6 Å². The summed E-state index contributed by atoms with van der Waals surface area (Å²) in [4.78, 5) is 11.4. The topological polar surface area (TPSA) is 64.4 Å². The Balaban J connectivity index is 2.24. The Morgan fingerprint density at radius 1 is 1.24 bits per heavy atom. The minimum atomic E-state index is -1.05. The van der Waals surface area contributed by atoms with Gasteiger partial charge in [0.2, 0.25) is 0 Å². The molecule has 0 saturated heterocycles. The average molecular weight is 347 g/mol. The second-order valence-corrected chi connectivity index (χ2v) is 5.34. The van der Waals surface area contributed by atoms with Crippen molar-refractivity contribution in [1.29, 1.82) is 0 Å². The summed E-state index contributed by atoms with van der Waals surface area (Å²) in [6.45, 7) is 0.